The predicted molar refractivity (Wildman–Crippen MR) is 71.8 cm³/mol. The molecule has 2 nitrogen and oxygen atoms in total. The third-order valence-electron chi connectivity index (χ3n) is 2.93. The Balaban J connectivity index is 3.41. The van der Waals surface area contributed by atoms with Gasteiger partial charge in [0.05, 0.1) is 0 Å². The number of nitrogens with one attached hydrogen (secondary N) is 1. The van der Waals surface area contributed by atoms with Crippen molar-refractivity contribution in [2.24, 2.45) is 11.3 Å². The third-order valence-corrected chi connectivity index (χ3v) is 2.93. The number of methoxy groups -OCH3 is 1. The summed E-state index contributed by atoms with van der Waals surface area (Å²) in [7, 11) is 1.79. The fourth-order valence-corrected chi connectivity index (χ4v) is 1.82. The van der Waals surface area contributed by atoms with Gasteiger partial charge < -0.3 is 10.1 Å². The van der Waals surface area contributed by atoms with E-state index in [4.69, 9.17) is 4.74 Å². The zero-order chi connectivity index (χ0) is 12.4. The molecule has 98 valence electrons. The SMILES string of the molecule is CC[C@@H](CCCNCC(C)(C)C)CCOC. The Labute approximate surface area is 102 Å². The van der Waals surface area contributed by atoms with Gasteiger partial charge >= 0.3 is 0 Å². The zero-order valence-corrected chi connectivity index (χ0v) is 11.9. The van der Waals surface area contributed by atoms with Gasteiger partial charge in [-0.15, -0.1) is 0 Å². The lowest BCUT2D eigenvalue weighted by molar-refractivity contribution is 0.173. The minimum absolute atomic E-state index is 0.403. The van der Waals surface area contributed by atoms with Crippen LogP contribution in [0.15, 0.2) is 0 Å². The van der Waals surface area contributed by atoms with E-state index in [0.717, 1.165) is 25.6 Å². The maximum Gasteiger partial charge on any atom is 0.0464 e. The first-order chi connectivity index (χ1) is 7.49. The van der Waals surface area contributed by atoms with Crippen LogP contribution in [0.1, 0.15) is 53.4 Å². The monoisotopic (exact) mass is 229 g/mol. The second kappa shape index (κ2) is 9.00. The average Bonchev–Trinajstić information content (AvgIpc) is 2.20. The fraction of sp³-hybridized carbons (Fsp3) is 1.00. The lowest BCUT2D eigenvalue weighted by atomic mass is 9.96. The van der Waals surface area contributed by atoms with Gasteiger partial charge in [0.25, 0.3) is 0 Å². The van der Waals surface area contributed by atoms with E-state index in [0.29, 0.717) is 5.41 Å². The second-order valence-electron chi connectivity index (χ2n) is 5.94. The largest absolute Gasteiger partial charge is 0.385 e. The van der Waals surface area contributed by atoms with E-state index < -0.39 is 0 Å². The van der Waals surface area contributed by atoms with Crippen molar-refractivity contribution in [1.82, 2.24) is 5.32 Å². The summed E-state index contributed by atoms with van der Waals surface area (Å²) >= 11 is 0. The van der Waals surface area contributed by atoms with Crippen molar-refractivity contribution in [3.05, 3.63) is 0 Å². The lowest BCUT2D eigenvalue weighted by Gasteiger charge is -2.19. The Morgan fingerprint density at radius 1 is 1.19 bits per heavy atom. The van der Waals surface area contributed by atoms with Crippen molar-refractivity contribution < 1.29 is 4.74 Å². The summed E-state index contributed by atoms with van der Waals surface area (Å²) in [6, 6.07) is 0. The molecule has 0 aliphatic carbocycles. The Kier molecular flexibility index (Phi) is 8.96. The average molecular weight is 229 g/mol. The van der Waals surface area contributed by atoms with Gasteiger partial charge in [-0.1, -0.05) is 34.1 Å². The first-order valence-electron chi connectivity index (χ1n) is 6.69. The molecular weight excluding hydrogens is 198 g/mol. The van der Waals surface area contributed by atoms with Gasteiger partial charge in [-0.2, -0.15) is 0 Å². The van der Waals surface area contributed by atoms with E-state index in [1.54, 1.807) is 7.11 Å². The number of hydrogen-bond acceptors (Lipinski definition) is 2. The van der Waals surface area contributed by atoms with Gasteiger partial charge in [0, 0.05) is 13.7 Å². The molecule has 0 bridgehead atoms. The molecule has 0 radical (unpaired) electrons. The minimum Gasteiger partial charge on any atom is -0.385 e. The van der Waals surface area contributed by atoms with E-state index in [2.05, 4.69) is 33.0 Å². The Bertz CT molecular complexity index is 151. The van der Waals surface area contributed by atoms with Gasteiger partial charge in [-0.25, -0.2) is 0 Å². The molecule has 0 spiro atoms. The highest BCUT2D eigenvalue weighted by atomic mass is 16.5. The van der Waals surface area contributed by atoms with Crippen molar-refractivity contribution in [3.8, 4) is 0 Å². The van der Waals surface area contributed by atoms with Crippen LogP contribution in [0.2, 0.25) is 0 Å². The zero-order valence-electron chi connectivity index (χ0n) is 11.9. The molecule has 1 N–H and O–H groups in total. The van der Waals surface area contributed by atoms with Crippen LogP contribution in [0.25, 0.3) is 0 Å². The molecule has 16 heavy (non-hydrogen) atoms. The summed E-state index contributed by atoms with van der Waals surface area (Å²) in [6.07, 6.45) is 5.12. The van der Waals surface area contributed by atoms with Crippen LogP contribution in [0.3, 0.4) is 0 Å². The molecule has 0 saturated heterocycles. The van der Waals surface area contributed by atoms with E-state index in [1.807, 2.05) is 0 Å². The molecule has 0 aliphatic heterocycles. The van der Waals surface area contributed by atoms with E-state index >= 15 is 0 Å². The van der Waals surface area contributed by atoms with E-state index in [-0.39, 0.29) is 0 Å². The molecule has 0 saturated carbocycles. The molecule has 0 aromatic carbocycles. The Morgan fingerprint density at radius 3 is 2.38 bits per heavy atom. The van der Waals surface area contributed by atoms with Crippen LogP contribution >= 0.6 is 0 Å². The molecule has 0 amide bonds. The molecule has 0 aliphatic rings. The summed E-state index contributed by atoms with van der Waals surface area (Å²) in [5.41, 5.74) is 0.403. The maximum atomic E-state index is 5.13. The van der Waals surface area contributed by atoms with Crippen LogP contribution in [0.5, 0.6) is 0 Å². The Morgan fingerprint density at radius 2 is 1.88 bits per heavy atom. The molecule has 0 aromatic heterocycles. The van der Waals surface area contributed by atoms with Crippen molar-refractivity contribution in [2.45, 2.75) is 53.4 Å². The molecule has 0 fully saturated rings. The number of rotatable bonds is 9. The normalized spacial score (nSPS) is 14.1. The summed E-state index contributed by atoms with van der Waals surface area (Å²) in [5.74, 6) is 0.844. The second-order valence-corrected chi connectivity index (χ2v) is 5.94. The van der Waals surface area contributed by atoms with Gasteiger partial charge in [0.1, 0.15) is 0 Å². The number of hydrogen-bond donors (Lipinski definition) is 1. The smallest absolute Gasteiger partial charge is 0.0464 e. The van der Waals surface area contributed by atoms with Gasteiger partial charge in [0.15, 0.2) is 0 Å². The fourth-order valence-electron chi connectivity index (χ4n) is 1.82. The molecule has 1 atom stereocenters. The van der Waals surface area contributed by atoms with Crippen LogP contribution in [-0.4, -0.2) is 26.8 Å². The van der Waals surface area contributed by atoms with Crippen LogP contribution in [0.4, 0.5) is 0 Å². The van der Waals surface area contributed by atoms with E-state index in [1.165, 1.54) is 25.7 Å². The molecule has 0 rings (SSSR count). The summed E-state index contributed by atoms with van der Waals surface area (Å²) in [5, 5.41) is 3.53. The maximum absolute atomic E-state index is 5.13. The van der Waals surface area contributed by atoms with Crippen molar-refractivity contribution in [2.75, 3.05) is 26.8 Å². The van der Waals surface area contributed by atoms with Crippen LogP contribution in [0, 0.1) is 11.3 Å². The summed E-state index contributed by atoms with van der Waals surface area (Å²) in [4.78, 5) is 0. The molecular formula is C14H31NO. The van der Waals surface area contributed by atoms with Gasteiger partial charge in [-0.3, -0.25) is 0 Å². The van der Waals surface area contributed by atoms with Crippen molar-refractivity contribution in [3.63, 3.8) is 0 Å². The highest BCUT2D eigenvalue weighted by molar-refractivity contribution is 4.65. The topological polar surface area (TPSA) is 21.3 Å². The summed E-state index contributed by atoms with van der Waals surface area (Å²) in [6.45, 7) is 12.3. The van der Waals surface area contributed by atoms with Crippen LogP contribution < -0.4 is 5.32 Å². The highest BCUT2D eigenvalue weighted by Gasteiger charge is 2.09. The lowest BCUT2D eigenvalue weighted by Crippen LogP contribution is -2.27. The van der Waals surface area contributed by atoms with Crippen molar-refractivity contribution in [1.29, 1.82) is 0 Å². The van der Waals surface area contributed by atoms with E-state index in [9.17, 15) is 0 Å². The highest BCUT2D eigenvalue weighted by Crippen LogP contribution is 2.15. The summed E-state index contributed by atoms with van der Waals surface area (Å²) < 4.78 is 5.13. The first-order valence-corrected chi connectivity index (χ1v) is 6.69. The van der Waals surface area contributed by atoms with Gasteiger partial charge in [-0.05, 0) is 43.7 Å². The minimum atomic E-state index is 0.403. The number of ether oxygens (including phenoxy) is 1. The quantitative estimate of drug-likeness (QED) is 0.611. The van der Waals surface area contributed by atoms with Gasteiger partial charge in [0.2, 0.25) is 0 Å². The third kappa shape index (κ3) is 10.4. The molecule has 0 heterocycles. The van der Waals surface area contributed by atoms with Crippen molar-refractivity contribution >= 4 is 0 Å². The van der Waals surface area contributed by atoms with Crippen LogP contribution in [-0.2, 0) is 4.74 Å². The predicted octanol–water partition coefficient (Wildman–Crippen LogP) is 3.47. The standard InChI is InChI=1S/C14H31NO/c1-6-13(9-11-16-5)8-7-10-15-12-14(2,3)4/h13,15H,6-12H2,1-5H3/t13-/m0/s1. The molecule has 2 heteroatoms. The molecule has 0 aromatic rings. The Hall–Kier alpha value is -0.0800. The molecule has 0 unspecified atom stereocenters. The first kappa shape index (κ1) is 15.9.